The van der Waals surface area contributed by atoms with Crippen molar-refractivity contribution in [1.82, 2.24) is 29.0 Å². The van der Waals surface area contributed by atoms with Crippen molar-refractivity contribution in [3.05, 3.63) is 80.1 Å². The van der Waals surface area contributed by atoms with Gasteiger partial charge in [0, 0.05) is 39.3 Å². The first-order chi connectivity index (χ1) is 15.3. The Balaban J connectivity index is 1.34. The van der Waals surface area contributed by atoms with E-state index in [0.29, 0.717) is 43.1 Å². The van der Waals surface area contributed by atoms with Crippen LogP contribution in [-0.2, 0) is 26.6 Å². The van der Waals surface area contributed by atoms with Gasteiger partial charge in [0.05, 0.1) is 6.54 Å². The number of aromatic nitrogens is 5. The van der Waals surface area contributed by atoms with Crippen molar-refractivity contribution in [2.75, 3.05) is 13.1 Å². The minimum Gasteiger partial charge on any atom is -0.337 e. The van der Waals surface area contributed by atoms with Crippen LogP contribution in [0.25, 0.3) is 0 Å². The molecule has 0 aliphatic carbocycles. The molecule has 10 heteroatoms. The van der Waals surface area contributed by atoms with E-state index in [4.69, 9.17) is 0 Å². The number of amides is 1. The summed E-state index contributed by atoms with van der Waals surface area (Å²) in [6.07, 6.45) is 3.64. The lowest BCUT2D eigenvalue weighted by Crippen LogP contribution is -2.45. The number of carbonyl (C=O) groups is 1. The van der Waals surface area contributed by atoms with Crippen molar-refractivity contribution in [2.24, 2.45) is 12.5 Å². The van der Waals surface area contributed by atoms with Crippen LogP contribution in [0.5, 0.6) is 0 Å². The van der Waals surface area contributed by atoms with Gasteiger partial charge in [0.25, 0.3) is 5.91 Å². The van der Waals surface area contributed by atoms with Crippen LogP contribution in [0.4, 0.5) is 4.39 Å². The summed E-state index contributed by atoms with van der Waals surface area (Å²) in [5, 5.41) is 8.53. The highest BCUT2D eigenvalue weighted by Gasteiger charge is 2.43. The van der Waals surface area contributed by atoms with Crippen LogP contribution in [0.15, 0.2) is 46.1 Å². The van der Waals surface area contributed by atoms with Crippen molar-refractivity contribution < 1.29 is 9.18 Å². The van der Waals surface area contributed by atoms with E-state index >= 15 is 0 Å². The van der Waals surface area contributed by atoms with Crippen molar-refractivity contribution in [2.45, 2.75) is 32.4 Å². The highest BCUT2D eigenvalue weighted by Crippen LogP contribution is 2.40. The standard InChI is InChI=1S/C22H23FN6O3/c1-26-17(6-9-24-26)19(30)27-10-7-22(8-11-27)12-18-25-29(21(32)20(31)28(18)14-22)13-15-2-4-16(23)5-3-15/h2-6,9H,7-8,10-14H2,1H3. The van der Waals surface area contributed by atoms with E-state index in [1.165, 1.54) is 21.4 Å². The Labute approximate surface area is 182 Å². The number of benzene rings is 1. The summed E-state index contributed by atoms with van der Waals surface area (Å²) in [5.41, 5.74) is -0.211. The molecule has 1 saturated heterocycles. The Hall–Kier alpha value is -3.56. The van der Waals surface area contributed by atoms with Crippen LogP contribution in [0.2, 0.25) is 0 Å². The maximum absolute atomic E-state index is 13.2. The molecular weight excluding hydrogens is 415 g/mol. The van der Waals surface area contributed by atoms with Gasteiger partial charge in [-0.05, 0) is 42.0 Å². The van der Waals surface area contributed by atoms with Crippen LogP contribution in [0.1, 0.15) is 34.7 Å². The zero-order valence-electron chi connectivity index (χ0n) is 17.7. The molecule has 9 nitrogen and oxygen atoms in total. The predicted octanol–water partition coefficient (Wildman–Crippen LogP) is 0.805. The maximum atomic E-state index is 13.2. The number of hydrogen-bond acceptors (Lipinski definition) is 5. The molecule has 0 unspecified atom stereocenters. The third-order valence-electron chi connectivity index (χ3n) is 6.63. The molecule has 2 aliphatic heterocycles. The van der Waals surface area contributed by atoms with Gasteiger partial charge in [-0.25, -0.2) is 9.07 Å². The number of halogens is 1. The van der Waals surface area contributed by atoms with Gasteiger partial charge < -0.3 is 4.90 Å². The van der Waals surface area contributed by atoms with Crippen molar-refractivity contribution in [1.29, 1.82) is 0 Å². The number of nitrogens with zero attached hydrogens (tertiary/aromatic N) is 6. The van der Waals surface area contributed by atoms with Gasteiger partial charge in [-0.15, -0.1) is 0 Å². The fourth-order valence-corrected chi connectivity index (χ4v) is 4.74. The first-order valence-electron chi connectivity index (χ1n) is 10.6. The second-order valence-corrected chi connectivity index (χ2v) is 8.71. The molecule has 0 bridgehead atoms. The number of rotatable bonds is 3. The van der Waals surface area contributed by atoms with E-state index in [2.05, 4.69) is 10.2 Å². The summed E-state index contributed by atoms with van der Waals surface area (Å²) in [6.45, 7) is 1.70. The number of carbonyl (C=O) groups excluding carboxylic acids is 1. The quantitative estimate of drug-likeness (QED) is 0.564. The van der Waals surface area contributed by atoms with Crippen molar-refractivity contribution in [3.63, 3.8) is 0 Å². The van der Waals surface area contributed by atoms with Gasteiger partial charge in [0.1, 0.15) is 17.3 Å². The molecule has 1 amide bonds. The first-order valence-corrected chi connectivity index (χ1v) is 10.6. The van der Waals surface area contributed by atoms with Crippen LogP contribution in [0.3, 0.4) is 0 Å². The fourth-order valence-electron chi connectivity index (χ4n) is 4.74. The largest absolute Gasteiger partial charge is 0.337 e. The molecule has 0 saturated carbocycles. The molecule has 2 aliphatic rings. The fraction of sp³-hybridized carbons (Fsp3) is 0.409. The third kappa shape index (κ3) is 3.45. The van der Waals surface area contributed by atoms with Gasteiger partial charge >= 0.3 is 11.1 Å². The molecule has 32 heavy (non-hydrogen) atoms. The topological polar surface area (TPSA) is 95.0 Å². The smallest absolute Gasteiger partial charge is 0.332 e. The lowest BCUT2D eigenvalue weighted by atomic mass is 9.77. The van der Waals surface area contributed by atoms with Gasteiger partial charge in [0.2, 0.25) is 0 Å². The molecule has 1 aromatic carbocycles. The Morgan fingerprint density at radius 1 is 1.09 bits per heavy atom. The molecule has 1 spiro atoms. The SMILES string of the molecule is Cn1nccc1C(=O)N1CCC2(CC1)Cc1nn(Cc3ccc(F)cc3)c(=O)c(=O)n1C2. The average molecular weight is 438 g/mol. The van der Waals surface area contributed by atoms with E-state index < -0.39 is 11.1 Å². The van der Waals surface area contributed by atoms with Crippen LogP contribution in [0, 0.1) is 11.2 Å². The van der Waals surface area contributed by atoms with Crippen LogP contribution < -0.4 is 11.1 Å². The third-order valence-corrected chi connectivity index (χ3v) is 6.63. The summed E-state index contributed by atoms with van der Waals surface area (Å²) in [6, 6.07) is 7.49. The van der Waals surface area contributed by atoms with E-state index in [-0.39, 0.29) is 23.7 Å². The lowest BCUT2D eigenvalue weighted by Gasteiger charge is -2.38. The predicted molar refractivity (Wildman–Crippen MR) is 113 cm³/mol. The summed E-state index contributed by atoms with van der Waals surface area (Å²) in [5.74, 6) is 0.172. The van der Waals surface area contributed by atoms with E-state index in [9.17, 15) is 18.8 Å². The number of fused-ring (bicyclic) bond motifs is 1. The molecule has 0 N–H and O–H groups in total. The summed E-state index contributed by atoms with van der Waals surface area (Å²) in [4.78, 5) is 40.0. The minimum absolute atomic E-state index is 0.0513. The number of likely N-dealkylation sites (tertiary alicyclic amines) is 1. The highest BCUT2D eigenvalue weighted by atomic mass is 19.1. The monoisotopic (exact) mass is 438 g/mol. The molecule has 166 valence electrons. The van der Waals surface area contributed by atoms with Gasteiger partial charge in [0.15, 0.2) is 0 Å². The van der Waals surface area contributed by atoms with Crippen molar-refractivity contribution >= 4 is 5.91 Å². The highest BCUT2D eigenvalue weighted by molar-refractivity contribution is 5.92. The molecule has 0 atom stereocenters. The minimum atomic E-state index is -0.682. The molecular formula is C22H23FN6O3. The molecule has 5 rings (SSSR count). The van der Waals surface area contributed by atoms with Gasteiger partial charge in [-0.3, -0.25) is 23.6 Å². The Bertz CT molecular complexity index is 1300. The van der Waals surface area contributed by atoms with Crippen LogP contribution in [-0.4, -0.2) is 48.0 Å². The van der Waals surface area contributed by atoms with E-state index in [0.717, 1.165) is 12.8 Å². The number of piperidine rings is 1. The Morgan fingerprint density at radius 3 is 2.47 bits per heavy atom. The Morgan fingerprint density at radius 2 is 1.81 bits per heavy atom. The van der Waals surface area contributed by atoms with Gasteiger partial charge in [-0.2, -0.15) is 10.2 Å². The number of aryl methyl sites for hydroxylation is 1. The molecule has 0 radical (unpaired) electrons. The van der Waals surface area contributed by atoms with Crippen LogP contribution >= 0.6 is 0 Å². The first kappa shape index (κ1) is 20.3. The second-order valence-electron chi connectivity index (χ2n) is 8.71. The second kappa shape index (κ2) is 7.54. The average Bonchev–Trinajstić information content (AvgIpc) is 3.37. The zero-order valence-corrected chi connectivity index (χ0v) is 17.7. The molecule has 4 heterocycles. The summed E-state index contributed by atoms with van der Waals surface area (Å²) >= 11 is 0. The normalized spacial score (nSPS) is 17.0. The van der Waals surface area contributed by atoms with Crippen molar-refractivity contribution in [3.8, 4) is 0 Å². The zero-order chi connectivity index (χ0) is 22.5. The van der Waals surface area contributed by atoms with E-state index in [1.54, 1.807) is 36.1 Å². The maximum Gasteiger partial charge on any atom is 0.332 e. The molecule has 3 aromatic rings. The number of hydrogen-bond donors (Lipinski definition) is 0. The summed E-state index contributed by atoms with van der Waals surface area (Å²) in [7, 11) is 1.74. The van der Waals surface area contributed by atoms with E-state index in [1.807, 2.05) is 4.90 Å². The summed E-state index contributed by atoms with van der Waals surface area (Å²) < 4.78 is 17.4. The Kier molecular flexibility index (Phi) is 4.79. The van der Waals surface area contributed by atoms with Gasteiger partial charge in [-0.1, -0.05) is 12.1 Å². The molecule has 1 fully saturated rings. The lowest BCUT2D eigenvalue weighted by molar-refractivity contribution is 0.0565. The molecule has 2 aromatic heterocycles.